The van der Waals surface area contributed by atoms with Crippen molar-refractivity contribution in [3.05, 3.63) is 29.0 Å². The fourth-order valence-corrected chi connectivity index (χ4v) is 5.75. The lowest BCUT2D eigenvalue weighted by Crippen LogP contribution is -2.40. The summed E-state index contributed by atoms with van der Waals surface area (Å²) in [5, 5.41) is 11.4. The van der Waals surface area contributed by atoms with Crippen LogP contribution >= 0.6 is 11.3 Å². The molecule has 5 rings (SSSR count). The maximum absolute atomic E-state index is 10.2. The van der Waals surface area contributed by atoms with E-state index in [1.54, 1.807) is 18.6 Å². The number of nitrogens with zero attached hydrogens (tertiary/aromatic N) is 5. The Morgan fingerprint density at radius 2 is 2.07 bits per heavy atom. The van der Waals surface area contributed by atoms with Gasteiger partial charge in [-0.2, -0.15) is 0 Å². The van der Waals surface area contributed by atoms with Crippen molar-refractivity contribution in [3.63, 3.8) is 0 Å². The quantitative estimate of drug-likeness (QED) is 0.730. The molecule has 1 fully saturated rings. The number of fused-ring (bicyclic) bond motifs is 3. The van der Waals surface area contributed by atoms with E-state index in [4.69, 9.17) is 9.97 Å². The SMILES string of the molecule is CC(O)C1CCCN(c2nc(-c3cnccn3)nc3sc4c(c23)CCCC4)C1. The van der Waals surface area contributed by atoms with Gasteiger partial charge in [-0.25, -0.2) is 15.0 Å². The van der Waals surface area contributed by atoms with Crippen molar-refractivity contribution >= 4 is 27.4 Å². The highest BCUT2D eigenvalue weighted by molar-refractivity contribution is 7.19. The standard InChI is InChI=1S/C21H25N5OS/c1-13(27)14-5-4-10-26(12-14)20-18-15-6-2-3-7-17(15)28-21(18)25-19(24-20)16-11-22-8-9-23-16/h8-9,11,13-14,27H,2-7,10,12H2,1H3. The normalized spacial score (nSPS) is 20.9. The maximum Gasteiger partial charge on any atom is 0.183 e. The van der Waals surface area contributed by atoms with Crippen LogP contribution in [0.2, 0.25) is 0 Å². The van der Waals surface area contributed by atoms with Gasteiger partial charge in [0.25, 0.3) is 0 Å². The number of thiophene rings is 1. The average Bonchev–Trinajstić information content (AvgIpc) is 3.12. The maximum atomic E-state index is 10.2. The molecule has 0 bridgehead atoms. The minimum Gasteiger partial charge on any atom is -0.393 e. The Kier molecular flexibility index (Phi) is 4.72. The van der Waals surface area contributed by atoms with Crippen LogP contribution in [0.3, 0.4) is 0 Å². The van der Waals surface area contributed by atoms with Crippen molar-refractivity contribution in [1.82, 2.24) is 19.9 Å². The first-order valence-corrected chi connectivity index (χ1v) is 11.0. The van der Waals surface area contributed by atoms with E-state index in [1.165, 1.54) is 28.7 Å². The van der Waals surface area contributed by atoms with Crippen LogP contribution in [0.5, 0.6) is 0 Å². The molecule has 0 saturated carbocycles. The van der Waals surface area contributed by atoms with E-state index in [2.05, 4.69) is 14.9 Å². The number of hydrogen-bond donors (Lipinski definition) is 1. The molecule has 7 heteroatoms. The molecule has 3 aromatic rings. The predicted octanol–water partition coefficient (Wildman–Crippen LogP) is 3.62. The summed E-state index contributed by atoms with van der Waals surface area (Å²) in [7, 11) is 0. The fourth-order valence-electron chi connectivity index (χ4n) is 4.49. The molecule has 1 aliphatic carbocycles. The molecular weight excluding hydrogens is 370 g/mol. The number of aromatic nitrogens is 4. The van der Waals surface area contributed by atoms with Crippen molar-refractivity contribution < 1.29 is 5.11 Å². The minimum absolute atomic E-state index is 0.285. The molecule has 1 aliphatic heterocycles. The van der Waals surface area contributed by atoms with Crippen LogP contribution in [-0.4, -0.2) is 44.2 Å². The summed E-state index contributed by atoms with van der Waals surface area (Å²) in [6.07, 6.45) is 11.7. The highest BCUT2D eigenvalue weighted by atomic mass is 32.1. The summed E-state index contributed by atoms with van der Waals surface area (Å²) in [5.74, 6) is 1.96. The lowest BCUT2D eigenvalue weighted by molar-refractivity contribution is 0.115. The Hall–Kier alpha value is -2.12. The zero-order chi connectivity index (χ0) is 19.1. The second kappa shape index (κ2) is 7.37. The molecule has 1 saturated heterocycles. The van der Waals surface area contributed by atoms with Gasteiger partial charge in [0.05, 0.1) is 17.7 Å². The van der Waals surface area contributed by atoms with Crippen molar-refractivity contribution in [2.75, 3.05) is 18.0 Å². The van der Waals surface area contributed by atoms with Crippen LogP contribution in [0.4, 0.5) is 5.82 Å². The molecule has 2 atom stereocenters. The molecule has 0 amide bonds. The van der Waals surface area contributed by atoms with Crippen molar-refractivity contribution in [3.8, 4) is 11.5 Å². The number of rotatable bonds is 3. The van der Waals surface area contributed by atoms with Gasteiger partial charge in [-0.1, -0.05) is 0 Å². The van der Waals surface area contributed by atoms with Gasteiger partial charge >= 0.3 is 0 Å². The lowest BCUT2D eigenvalue weighted by atomic mass is 9.92. The Morgan fingerprint density at radius 3 is 2.89 bits per heavy atom. The summed E-state index contributed by atoms with van der Waals surface area (Å²) in [4.78, 5) is 23.4. The Labute approximate surface area is 168 Å². The summed E-state index contributed by atoms with van der Waals surface area (Å²) >= 11 is 1.82. The second-order valence-corrected chi connectivity index (χ2v) is 9.03. The molecule has 3 aromatic heterocycles. The van der Waals surface area contributed by atoms with E-state index < -0.39 is 0 Å². The number of anilines is 1. The largest absolute Gasteiger partial charge is 0.393 e. The number of piperidine rings is 1. The van der Waals surface area contributed by atoms with Gasteiger partial charge in [0.1, 0.15) is 16.3 Å². The summed E-state index contributed by atoms with van der Waals surface area (Å²) in [5.41, 5.74) is 2.16. The van der Waals surface area contributed by atoms with Crippen LogP contribution in [0.1, 0.15) is 43.0 Å². The zero-order valence-corrected chi connectivity index (χ0v) is 17.0. The Bertz CT molecular complexity index is 987. The van der Waals surface area contributed by atoms with E-state index in [-0.39, 0.29) is 12.0 Å². The van der Waals surface area contributed by atoms with E-state index in [0.717, 1.165) is 49.4 Å². The third-order valence-electron chi connectivity index (χ3n) is 6.03. The van der Waals surface area contributed by atoms with E-state index in [0.29, 0.717) is 11.5 Å². The van der Waals surface area contributed by atoms with Gasteiger partial charge in [-0.15, -0.1) is 11.3 Å². The van der Waals surface area contributed by atoms with Crippen LogP contribution in [0.15, 0.2) is 18.6 Å². The highest BCUT2D eigenvalue weighted by Gasteiger charge is 2.29. The Balaban J connectivity index is 1.67. The average molecular weight is 396 g/mol. The number of aliphatic hydroxyl groups is 1. The molecule has 2 aliphatic rings. The Morgan fingerprint density at radius 1 is 1.18 bits per heavy atom. The van der Waals surface area contributed by atoms with Gasteiger partial charge in [0.15, 0.2) is 5.82 Å². The first-order chi connectivity index (χ1) is 13.7. The zero-order valence-electron chi connectivity index (χ0n) is 16.1. The molecule has 0 spiro atoms. The van der Waals surface area contributed by atoms with Crippen molar-refractivity contribution in [1.29, 1.82) is 0 Å². The van der Waals surface area contributed by atoms with Crippen LogP contribution < -0.4 is 4.90 Å². The molecule has 6 nitrogen and oxygen atoms in total. The molecule has 0 radical (unpaired) electrons. The van der Waals surface area contributed by atoms with Crippen LogP contribution in [-0.2, 0) is 12.8 Å². The molecule has 1 N–H and O–H groups in total. The van der Waals surface area contributed by atoms with E-state index in [9.17, 15) is 5.11 Å². The molecule has 2 unspecified atom stereocenters. The van der Waals surface area contributed by atoms with Crippen molar-refractivity contribution in [2.45, 2.75) is 51.6 Å². The summed E-state index contributed by atoms with van der Waals surface area (Å²) < 4.78 is 0. The van der Waals surface area contributed by atoms with Gasteiger partial charge in [-0.05, 0) is 51.0 Å². The van der Waals surface area contributed by atoms with Gasteiger partial charge in [0.2, 0.25) is 0 Å². The smallest absolute Gasteiger partial charge is 0.183 e. The predicted molar refractivity (Wildman–Crippen MR) is 112 cm³/mol. The van der Waals surface area contributed by atoms with Gasteiger partial charge < -0.3 is 10.0 Å². The number of hydrogen-bond acceptors (Lipinski definition) is 7. The first-order valence-electron chi connectivity index (χ1n) is 10.2. The van der Waals surface area contributed by atoms with Gasteiger partial charge in [0, 0.05) is 36.3 Å². The van der Waals surface area contributed by atoms with Crippen LogP contribution in [0.25, 0.3) is 21.7 Å². The van der Waals surface area contributed by atoms with Gasteiger partial charge in [-0.3, -0.25) is 4.98 Å². The molecular formula is C21H25N5OS. The van der Waals surface area contributed by atoms with E-state index in [1.807, 2.05) is 18.3 Å². The van der Waals surface area contributed by atoms with Crippen molar-refractivity contribution in [2.24, 2.45) is 5.92 Å². The number of aliphatic hydroxyl groups excluding tert-OH is 1. The first kappa shape index (κ1) is 17.9. The molecule has 146 valence electrons. The van der Waals surface area contributed by atoms with Crippen LogP contribution in [0, 0.1) is 5.92 Å². The summed E-state index contributed by atoms with van der Waals surface area (Å²) in [6, 6.07) is 0. The van der Waals surface area contributed by atoms with E-state index >= 15 is 0 Å². The lowest BCUT2D eigenvalue weighted by Gasteiger charge is -2.35. The third kappa shape index (κ3) is 3.16. The molecule has 28 heavy (non-hydrogen) atoms. The second-order valence-electron chi connectivity index (χ2n) is 7.94. The fraction of sp³-hybridized carbons (Fsp3) is 0.524. The number of aryl methyl sites for hydroxylation is 2. The summed E-state index contributed by atoms with van der Waals surface area (Å²) in [6.45, 7) is 3.72. The minimum atomic E-state index is -0.295. The highest BCUT2D eigenvalue weighted by Crippen LogP contribution is 2.41. The third-order valence-corrected chi connectivity index (χ3v) is 7.21. The molecule has 4 heterocycles. The monoisotopic (exact) mass is 395 g/mol. The molecule has 0 aromatic carbocycles. The topological polar surface area (TPSA) is 75.0 Å².